The molecular weight excluding hydrogens is 372 g/mol. The molecule has 3 N–H and O–H groups in total. The zero-order chi connectivity index (χ0) is 19.7. The SMILES string of the molecule is CNc1ccc(-c2nc3c(NS(=O)(=O)c4ccc(C)cc4)cccc3[nH]2)cc1. The van der Waals surface area contributed by atoms with Gasteiger partial charge in [-0.1, -0.05) is 23.8 Å². The van der Waals surface area contributed by atoms with E-state index in [-0.39, 0.29) is 4.90 Å². The van der Waals surface area contributed by atoms with E-state index in [2.05, 4.69) is 20.0 Å². The van der Waals surface area contributed by atoms with Crippen LogP contribution in [0.5, 0.6) is 0 Å². The van der Waals surface area contributed by atoms with E-state index in [1.165, 1.54) is 0 Å². The average Bonchev–Trinajstić information content (AvgIpc) is 3.14. The van der Waals surface area contributed by atoms with Gasteiger partial charge in [0.25, 0.3) is 10.0 Å². The summed E-state index contributed by atoms with van der Waals surface area (Å²) in [4.78, 5) is 8.10. The van der Waals surface area contributed by atoms with Crippen molar-refractivity contribution in [1.82, 2.24) is 9.97 Å². The van der Waals surface area contributed by atoms with Crippen LogP contribution in [-0.4, -0.2) is 25.4 Å². The van der Waals surface area contributed by atoms with Crippen molar-refractivity contribution >= 4 is 32.4 Å². The number of nitrogens with one attached hydrogen (secondary N) is 3. The van der Waals surface area contributed by atoms with Gasteiger partial charge in [-0.05, 0) is 55.5 Å². The summed E-state index contributed by atoms with van der Waals surface area (Å²) in [5.41, 5.74) is 4.70. The van der Waals surface area contributed by atoms with Crippen molar-refractivity contribution in [3.05, 3.63) is 72.3 Å². The fourth-order valence-electron chi connectivity index (χ4n) is 2.97. The minimum absolute atomic E-state index is 0.216. The van der Waals surface area contributed by atoms with Crippen LogP contribution < -0.4 is 10.0 Å². The number of benzene rings is 3. The van der Waals surface area contributed by atoms with Gasteiger partial charge in [-0.15, -0.1) is 0 Å². The Morgan fingerprint density at radius 1 is 0.929 bits per heavy atom. The van der Waals surface area contributed by atoms with Crippen LogP contribution in [0.1, 0.15) is 5.56 Å². The van der Waals surface area contributed by atoms with Gasteiger partial charge in [0.15, 0.2) is 0 Å². The second-order valence-corrected chi connectivity index (χ2v) is 8.22. The third-order valence-corrected chi connectivity index (χ3v) is 5.92. The lowest BCUT2D eigenvalue weighted by molar-refractivity contribution is 0.601. The number of H-pyrrole nitrogens is 1. The first-order valence-corrected chi connectivity index (χ1v) is 10.3. The maximum absolute atomic E-state index is 12.7. The third-order valence-electron chi connectivity index (χ3n) is 4.54. The number of imidazole rings is 1. The molecule has 3 aromatic carbocycles. The van der Waals surface area contributed by atoms with Crippen LogP contribution in [0.4, 0.5) is 11.4 Å². The highest BCUT2D eigenvalue weighted by molar-refractivity contribution is 7.92. The van der Waals surface area contributed by atoms with E-state index in [1.807, 2.05) is 44.3 Å². The van der Waals surface area contributed by atoms with Gasteiger partial charge < -0.3 is 10.3 Å². The molecule has 0 spiro atoms. The molecule has 4 aromatic rings. The predicted molar refractivity (Wildman–Crippen MR) is 113 cm³/mol. The molecule has 0 amide bonds. The van der Waals surface area contributed by atoms with Crippen LogP contribution in [0.3, 0.4) is 0 Å². The molecule has 0 aliphatic rings. The maximum Gasteiger partial charge on any atom is 0.261 e. The fraction of sp³-hybridized carbons (Fsp3) is 0.0952. The molecule has 142 valence electrons. The Morgan fingerprint density at radius 2 is 1.64 bits per heavy atom. The second kappa shape index (κ2) is 7.01. The Balaban J connectivity index is 1.71. The van der Waals surface area contributed by atoms with Gasteiger partial charge in [-0.3, -0.25) is 4.72 Å². The summed E-state index contributed by atoms with van der Waals surface area (Å²) in [5.74, 6) is 0.680. The minimum Gasteiger partial charge on any atom is -0.388 e. The molecular formula is C21H20N4O2S. The number of hydrogen-bond acceptors (Lipinski definition) is 4. The Labute approximate surface area is 163 Å². The highest BCUT2D eigenvalue weighted by Crippen LogP contribution is 2.28. The molecule has 6 nitrogen and oxygen atoms in total. The van der Waals surface area contributed by atoms with E-state index in [9.17, 15) is 8.42 Å². The number of fused-ring (bicyclic) bond motifs is 1. The highest BCUT2D eigenvalue weighted by atomic mass is 32.2. The Morgan fingerprint density at radius 3 is 2.32 bits per heavy atom. The summed E-state index contributed by atoms with van der Waals surface area (Å²) >= 11 is 0. The molecule has 0 bridgehead atoms. The summed E-state index contributed by atoms with van der Waals surface area (Å²) in [6.45, 7) is 1.92. The van der Waals surface area contributed by atoms with Crippen LogP contribution >= 0.6 is 0 Å². The summed E-state index contributed by atoms with van der Waals surface area (Å²) in [7, 11) is -1.83. The van der Waals surface area contributed by atoms with Gasteiger partial charge in [-0.2, -0.15) is 0 Å². The van der Waals surface area contributed by atoms with E-state index in [0.717, 1.165) is 22.3 Å². The first kappa shape index (κ1) is 18.1. The highest BCUT2D eigenvalue weighted by Gasteiger charge is 2.17. The Hall–Kier alpha value is -3.32. The number of aryl methyl sites for hydroxylation is 1. The molecule has 0 saturated heterocycles. The number of aromatic amines is 1. The van der Waals surface area contributed by atoms with Crippen LogP contribution in [-0.2, 0) is 10.0 Å². The maximum atomic E-state index is 12.7. The normalized spacial score (nSPS) is 11.5. The van der Waals surface area contributed by atoms with Crippen LogP contribution in [0.15, 0.2) is 71.6 Å². The van der Waals surface area contributed by atoms with Crippen LogP contribution in [0, 0.1) is 6.92 Å². The molecule has 0 saturated carbocycles. The number of sulfonamides is 1. The molecule has 1 heterocycles. The molecule has 0 radical (unpaired) electrons. The summed E-state index contributed by atoms with van der Waals surface area (Å²) in [6, 6.07) is 20.0. The molecule has 28 heavy (non-hydrogen) atoms. The van der Waals surface area contributed by atoms with Crippen molar-refractivity contribution in [2.24, 2.45) is 0 Å². The van der Waals surface area contributed by atoms with E-state index < -0.39 is 10.0 Å². The number of anilines is 2. The predicted octanol–water partition coefficient (Wildman–Crippen LogP) is 4.38. The van der Waals surface area contributed by atoms with Gasteiger partial charge in [-0.25, -0.2) is 13.4 Å². The zero-order valence-corrected chi connectivity index (χ0v) is 16.3. The van der Waals surface area contributed by atoms with E-state index in [4.69, 9.17) is 0 Å². The van der Waals surface area contributed by atoms with E-state index >= 15 is 0 Å². The molecule has 0 aliphatic carbocycles. The lowest BCUT2D eigenvalue weighted by Crippen LogP contribution is -2.13. The second-order valence-electron chi connectivity index (χ2n) is 6.53. The Bertz CT molecular complexity index is 1230. The first-order chi connectivity index (χ1) is 13.5. The van der Waals surface area contributed by atoms with Gasteiger partial charge >= 0.3 is 0 Å². The Kier molecular flexibility index (Phi) is 4.52. The lowest BCUT2D eigenvalue weighted by Gasteiger charge is -2.08. The lowest BCUT2D eigenvalue weighted by atomic mass is 10.2. The molecule has 4 rings (SSSR count). The van der Waals surface area contributed by atoms with Crippen molar-refractivity contribution in [2.75, 3.05) is 17.1 Å². The average molecular weight is 392 g/mol. The fourth-order valence-corrected chi connectivity index (χ4v) is 4.03. The van der Waals surface area contributed by atoms with Crippen molar-refractivity contribution in [3.63, 3.8) is 0 Å². The van der Waals surface area contributed by atoms with Crippen LogP contribution in [0.2, 0.25) is 0 Å². The van der Waals surface area contributed by atoms with Gasteiger partial charge in [0.05, 0.1) is 16.1 Å². The molecule has 0 fully saturated rings. The van der Waals surface area contributed by atoms with Crippen LogP contribution in [0.25, 0.3) is 22.4 Å². The first-order valence-electron chi connectivity index (χ1n) is 8.83. The molecule has 0 unspecified atom stereocenters. The standard InChI is InChI=1S/C21H20N4O2S/c1-14-6-12-17(13-7-14)28(26,27)25-19-5-3-4-18-20(19)24-21(23-18)15-8-10-16(22-2)11-9-15/h3-13,22,25H,1-2H3,(H,23,24). The largest absolute Gasteiger partial charge is 0.388 e. The minimum atomic E-state index is -3.70. The number of nitrogens with zero attached hydrogens (tertiary/aromatic N) is 1. The molecule has 0 aliphatic heterocycles. The third kappa shape index (κ3) is 3.44. The van der Waals surface area contributed by atoms with Gasteiger partial charge in [0.1, 0.15) is 11.3 Å². The van der Waals surface area contributed by atoms with E-state index in [1.54, 1.807) is 36.4 Å². The van der Waals surface area contributed by atoms with Crippen molar-refractivity contribution in [1.29, 1.82) is 0 Å². The van der Waals surface area contributed by atoms with Crippen molar-refractivity contribution in [3.8, 4) is 11.4 Å². The van der Waals surface area contributed by atoms with E-state index in [0.29, 0.717) is 17.0 Å². The van der Waals surface area contributed by atoms with Crippen molar-refractivity contribution in [2.45, 2.75) is 11.8 Å². The summed E-state index contributed by atoms with van der Waals surface area (Å²) < 4.78 is 28.2. The van der Waals surface area contributed by atoms with Crippen molar-refractivity contribution < 1.29 is 8.42 Å². The smallest absolute Gasteiger partial charge is 0.261 e. The quantitative estimate of drug-likeness (QED) is 0.470. The molecule has 7 heteroatoms. The van der Waals surface area contributed by atoms with Gasteiger partial charge in [0.2, 0.25) is 0 Å². The molecule has 0 atom stereocenters. The number of para-hydroxylation sites is 1. The topological polar surface area (TPSA) is 86.9 Å². The molecule has 1 aromatic heterocycles. The monoisotopic (exact) mass is 392 g/mol. The summed E-state index contributed by atoms with van der Waals surface area (Å²) in [6.07, 6.45) is 0. The zero-order valence-electron chi connectivity index (χ0n) is 15.5. The number of rotatable bonds is 5. The summed E-state index contributed by atoms with van der Waals surface area (Å²) in [5, 5.41) is 3.08. The number of aromatic nitrogens is 2. The number of hydrogen-bond donors (Lipinski definition) is 3. The van der Waals surface area contributed by atoms with Gasteiger partial charge in [0, 0.05) is 18.3 Å².